The lowest BCUT2D eigenvalue weighted by atomic mass is 10.0. The second-order valence-electron chi connectivity index (χ2n) is 18.1. The predicted molar refractivity (Wildman–Crippen MR) is 279 cm³/mol. The molecule has 0 aromatic heterocycles. The number of rotatable bonds is 49. The molecule has 374 valence electrons. The fourth-order valence-electron chi connectivity index (χ4n) is 7.51. The van der Waals surface area contributed by atoms with Gasteiger partial charge in [0, 0.05) is 19.3 Å². The summed E-state index contributed by atoms with van der Waals surface area (Å²) in [4.78, 5) is 38.1. The van der Waals surface area contributed by atoms with Gasteiger partial charge < -0.3 is 14.2 Å². The van der Waals surface area contributed by atoms with Crippen LogP contribution in [0.15, 0.2) is 72.9 Å². The summed E-state index contributed by atoms with van der Waals surface area (Å²) < 4.78 is 16.8. The Balaban J connectivity index is 4.47. The molecule has 0 rings (SSSR count). The summed E-state index contributed by atoms with van der Waals surface area (Å²) in [7, 11) is 0. The number of ether oxygens (including phenoxy) is 3. The van der Waals surface area contributed by atoms with Crippen molar-refractivity contribution >= 4 is 17.9 Å². The van der Waals surface area contributed by atoms with Crippen molar-refractivity contribution in [1.82, 2.24) is 0 Å². The first-order valence-electron chi connectivity index (χ1n) is 27.4. The molecule has 0 amide bonds. The van der Waals surface area contributed by atoms with Crippen LogP contribution in [0.1, 0.15) is 265 Å². The van der Waals surface area contributed by atoms with Crippen LogP contribution in [0.3, 0.4) is 0 Å². The van der Waals surface area contributed by atoms with Gasteiger partial charge in [0.1, 0.15) is 13.2 Å². The quantitative estimate of drug-likeness (QED) is 0.0262. The van der Waals surface area contributed by atoms with E-state index in [0.717, 1.165) is 96.3 Å². The van der Waals surface area contributed by atoms with Crippen LogP contribution in [-0.2, 0) is 28.6 Å². The molecule has 0 N–H and O–H groups in total. The lowest BCUT2D eigenvalue weighted by Gasteiger charge is -2.18. The Kier molecular flexibility index (Phi) is 50.9. The monoisotopic (exact) mass is 907 g/mol. The van der Waals surface area contributed by atoms with Crippen LogP contribution >= 0.6 is 0 Å². The number of esters is 3. The van der Waals surface area contributed by atoms with Gasteiger partial charge in [0.15, 0.2) is 6.10 Å². The fraction of sp³-hybridized carbons (Fsp3) is 0.746. The topological polar surface area (TPSA) is 78.9 Å². The second-order valence-corrected chi connectivity index (χ2v) is 18.1. The van der Waals surface area contributed by atoms with Crippen LogP contribution in [0.2, 0.25) is 0 Å². The van der Waals surface area contributed by atoms with Crippen LogP contribution < -0.4 is 0 Å². The Morgan fingerprint density at radius 2 is 0.554 bits per heavy atom. The summed E-state index contributed by atoms with van der Waals surface area (Å²) in [5.74, 6) is -0.949. The van der Waals surface area contributed by atoms with E-state index in [-0.39, 0.29) is 31.1 Å². The van der Waals surface area contributed by atoms with Gasteiger partial charge in [-0.25, -0.2) is 0 Å². The van der Waals surface area contributed by atoms with Crippen molar-refractivity contribution in [2.45, 2.75) is 271 Å². The maximum absolute atomic E-state index is 12.8. The standard InChI is InChI=1S/C59H102O6/c1-4-7-10-13-16-19-22-25-28-29-32-34-37-40-43-46-49-52-58(61)64-55-56(65-59(62)53-50-47-44-41-38-35-31-27-24-21-18-15-12-9-6-3)54-63-57(60)51-48-45-42-39-36-33-30-26-23-20-17-14-11-8-5-2/h16-17,19-20,25-26,28,30,32,34,36,39,56H,4-15,18,21-24,27,29,31,33,35,37-38,40-55H2,1-3H3/b19-16-,20-17-,28-25-,30-26-,34-32-,39-36-/t56-/m0/s1. The van der Waals surface area contributed by atoms with Gasteiger partial charge in [0.25, 0.3) is 0 Å². The molecule has 0 aromatic rings. The molecule has 0 aromatic carbocycles. The van der Waals surface area contributed by atoms with Crippen molar-refractivity contribution in [3.8, 4) is 0 Å². The van der Waals surface area contributed by atoms with Crippen LogP contribution in [0.5, 0.6) is 0 Å². The smallest absolute Gasteiger partial charge is 0.306 e. The first-order valence-corrected chi connectivity index (χ1v) is 27.4. The minimum Gasteiger partial charge on any atom is -0.462 e. The zero-order valence-corrected chi connectivity index (χ0v) is 42.7. The highest BCUT2D eigenvalue weighted by molar-refractivity contribution is 5.71. The molecule has 0 saturated heterocycles. The molecule has 65 heavy (non-hydrogen) atoms. The largest absolute Gasteiger partial charge is 0.462 e. The minimum absolute atomic E-state index is 0.0975. The van der Waals surface area contributed by atoms with Gasteiger partial charge in [-0.05, 0) is 96.3 Å². The molecule has 0 spiro atoms. The first-order chi connectivity index (χ1) is 32.0. The summed E-state index contributed by atoms with van der Waals surface area (Å²) in [6, 6.07) is 0. The van der Waals surface area contributed by atoms with Gasteiger partial charge >= 0.3 is 17.9 Å². The summed E-state index contributed by atoms with van der Waals surface area (Å²) in [6.07, 6.45) is 67.4. The molecular weight excluding hydrogens is 805 g/mol. The Labute approximate surface area is 402 Å². The molecule has 0 radical (unpaired) electrons. The zero-order chi connectivity index (χ0) is 47.2. The van der Waals surface area contributed by atoms with Gasteiger partial charge in [-0.1, -0.05) is 222 Å². The average Bonchev–Trinajstić information content (AvgIpc) is 3.30. The van der Waals surface area contributed by atoms with E-state index >= 15 is 0 Å². The number of hydrogen-bond donors (Lipinski definition) is 0. The number of allylic oxidation sites excluding steroid dienone is 12. The van der Waals surface area contributed by atoms with Gasteiger partial charge in [0.05, 0.1) is 0 Å². The summed E-state index contributed by atoms with van der Waals surface area (Å²) in [5, 5.41) is 0. The van der Waals surface area contributed by atoms with E-state index in [0.29, 0.717) is 19.3 Å². The Morgan fingerprint density at radius 1 is 0.308 bits per heavy atom. The highest BCUT2D eigenvalue weighted by atomic mass is 16.6. The molecular formula is C59H102O6. The molecule has 0 fully saturated rings. The lowest BCUT2D eigenvalue weighted by Crippen LogP contribution is -2.30. The Bertz CT molecular complexity index is 1230. The normalized spacial score (nSPS) is 12.6. The van der Waals surface area contributed by atoms with Crippen molar-refractivity contribution < 1.29 is 28.6 Å². The molecule has 1 atom stereocenters. The number of carbonyl (C=O) groups is 3. The van der Waals surface area contributed by atoms with Crippen molar-refractivity contribution in [3.63, 3.8) is 0 Å². The third kappa shape index (κ3) is 51.7. The van der Waals surface area contributed by atoms with E-state index < -0.39 is 6.10 Å². The number of unbranched alkanes of at least 4 members (excludes halogenated alkanes) is 26. The average molecular weight is 907 g/mol. The van der Waals surface area contributed by atoms with Crippen LogP contribution in [-0.4, -0.2) is 37.2 Å². The fourth-order valence-corrected chi connectivity index (χ4v) is 7.51. The van der Waals surface area contributed by atoms with Gasteiger partial charge in [-0.3, -0.25) is 14.4 Å². The van der Waals surface area contributed by atoms with E-state index in [4.69, 9.17) is 14.2 Å². The molecule has 0 aliphatic heterocycles. The third-order valence-electron chi connectivity index (χ3n) is 11.7. The SMILES string of the molecule is CCCCC/C=C\C/C=C\C/C=C\CCCCCCC(=O)OC[C@H](COC(=O)CCCC/C=C\C/C=C\C/C=C\CCCCC)OC(=O)CCCCCCCCCCCCCCCCC. The maximum atomic E-state index is 12.8. The molecule has 6 heteroatoms. The van der Waals surface area contributed by atoms with E-state index in [9.17, 15) is 14.4 Å². The van der Waals surface area contributed by atoms with Crippen molar-refractivity contribution in [3.05, 3.63) is 72.9 Å². The third-order valence-corrected chi connectivity index (χ3v) is 11.7. The van der Waals surface area contributed by atoms with Crippen LogP contribution in [0, 0.1) is 0 Å². The van der Waals surface area contributed by atoms with Crippen LogP contribution in [0.25, 0.3) is 0 Å². The van der Waals surface area contributed by atoms with Gasteiger partial charge in [-0.2, -0.15) is 0 Å². The van der Waals surface area contributed by atoms with Crippen molar-refractivity contribution in [2.24, 2.45) is 0 Å². The Morgan fingerprint density at radius 3 is 0.923 bits per heavy atom. The first kappa shape index (κ1) is 61.9. The molecule has 0 aliphatic carbocycles. The molecule has 0 bridgehead atoms. The van der Waals surface area contributed by atoms with Crippen LogP contribution in [0.4, 0.5) is 0 Å². The van der Waals surface area contributed by atoms with E-state index in [1.165, 1.54) is 128 Å². The molecule has 0 aliphatic rings. The van der Waals surface area contributed by atoms with Gasteiger partial charge in [0.2, 0.25) is 0 Å². The second kappa shape index (κ2) is 53.5. The Hall–Kier alpha value is -3.15. The number of carbonyl (C=O) groups excluding carboxylic acids is 3. The summed E-state index contributed by atoms with van der Waals surface area (Å²) in [6.45, 7) is 6.54. The lowest BCUT2D eigenvalue weighted by molar-refractivity contribution is -0.167. The summed E-state index contributed by atoms with van der Waals surface area (Å²) >= 11 is 0. The predicted octanol–water partition coefficient (Wildman–Crippen LogP) is 18.2. The highest BCUT2D eigenvalue weighted by Crippen LogP contribution is 2.15. The van der Waals surface area contributed by atoms with E-state index in [1.807, 2.05) is 0 Å². The summed E-state index contributed by atoms with van der Waals surface area (Å²) in [5.41, 5.74) is 0. The van der Waals surface area contributed by atoms with E-state index in [1.54, 1.807) is 0 Å². The number of hydrogen-bond acceptors (Lipinski definition) is 6. The van der Waals surface area contributed by atoms with Crippen molar-refractivity contribution in [2.75, 3.05) is 13.2 Å². The molecule has 0 saturated carbocycles. The maximum Gasteiger partial charge on any atom is 0.306 e. The molecule has 6 nitrogen and oxygen atoms in total. The molecule has 0 heterocycles. The highest BCUT2D eigenvalue weighted by Gasteiger charge is 2.19. The van der Waals surface area contributed by atoms with Gasteiger partial charge in [-0.15, -0.1) is 0 Å². The zero-order valence-electron chi connectivity index (χ0n) is 42.7. The molecule has 0 unspecified atom stereocenters. The minimum atomic E-state index is -0.798. The van der Waals surface area contributed by atoms with E-state index in [2.05, 4.69) is 93.7 Å². The van der Waals surface area contributed by atoms with Crippen molar-refractivity contribution in [1.29, 1.82) is 0 Å².